The van der Waals surface area contributed by atoms with Crippen LogP contribution in [0.5, 0.6) is 0 Å². The van der Waals surface area contributed by atoms with E-state index in [1.807, 2.05) is 42.5 Å². The predicted molar refractivity (Wildman–Crippen MR) is 116 cm³/mol. The van der Waals surface area contributed by atoms with Gasteiger partial charge in [0.1, 0.15) is 0 Å². The lowest BCUT2D eigenvalue weighted by atomic mass is 9.91. The number of fused-ring (bicyclic) bond motifs is 3. The summed E-state index contributed by atoms with van der Waals surface area (Å²) in [6, 6.07) is 11.1. The molecule has 0 saturated carbocycles. The van der Waals surface area contributed by atoms with E-state index in [4.69, 9.17) is 11.0 Å². The standard InChI is InChI=1S/C25H17Br/c26-25-22-14-5-3-12-20(22)24(21-13-4-6-15-23(21)25)16-18-10-7-9-17-8-1-2-11-19(17)18/h1-15H,16H2/i3D,4D,5D,6D,12D,13D,14D,15D. The van der Waals surface area contributed by atoms with Gasteiger partial charge in [0.25, 0.3) is 0 Å². The van der Waals surface area contributed by atoms with Crippen molar-refractivity contribution in [1.82, 2.24) is 0 Å². The number of rotatable bonds is 2. The molecule has 0 bridgehead atoms. The van der Waals surface area contributed by atoms with E-state index in [-0.39, 0.29) is 68.7 Å². The molecule has 0 nitrogen and oxygen atoms in total. The fourth-order valence-corrected chi connectivity index (χ4v) is 4.07. The molecule has 0 heterocycles. The molecule has 5 aromatic rings. The molecule has 0 spiro atoms. The van der Waals surface area contributed by atoms with E-state index in [0.29, 0.717) is 5.56 Å². The van der Waals surface area contributed by atoms with Gasteiger partial charge in [0.2, 0.25) is 0 Å². The summed E-state index contributed by atoms with van der Waals surface area (Å²) in [5.74, 6) is 0. The van der Waals surface area contributed by atoms with E-state index < -0.39 is 12.1 Å². The average molecular weight is 405 g/mol. The Bertz CT molecular complexity index is 1590. The first-order chi connectivity index (χ1) is 16.1. The van der Waals surface area contributed by atoms with Gasteiger partial charge in [-0.1, -0.05) is 90.8 Å². The maximum Gasteiger partial charge on any atom is 0.0630 e. The van der Waals surface area contributed by atoms with E-state index >= 15 is 0 Å². The summed E-state index contributed by atoms with van der Waals surface area (Å²) in [4.78, 5) is 0. The molecule has 0 saturated heterocycles. The van der Waals surface area contributed by atoms with Crippen molar-refractivity contribution in [3.63, 3.8) is 0 Å². The predicted octanol–water partition coefficient (Wildman–Crippen LogP) is 7.50. The summed E-state index contributed by atoms with van der Waals surface area (Å²) in [6.07, 6.45) is 0.228. The van der Waals surface area contributed by atoms with E-state index in [1.165, 1.54) is 0 Å². The van der Waals surface area contributed by atoms with Crippen molar-refractivity contribution in [2.75, 3.05) is 0 Å². The molecule has 0 amide bonds. The van der Waals surface area contributed by atoms with Crippen LogP contribution in [0.3, 0.4) is 0 Å². The Balaban J connectivity index is 2.05. The van der Waals surface area contributed by atoms with Gasteiger partial charge in [-0.05, 0) is 65.8 Å². The molecule has 0 unspecified atom stereocenters. The zero-order chi connectivity index (χ0) is 24.5. The maximum absolute atomic E-state index is 8.68. The molecule has 0 aliphatic rings. The summed E-state index contributed by atoms with van der Waals surface area (Å²) in [7, 11) is 0. The van der Waals surface area contributed by atoms with Crippen molar-refractivity contribution >= 4 is 48.2 Å². The maximum atomic E-state index is 8.68. The minimum absolute atomic E-state index is 0.207. The molecule has 0 fully saturated rings. The molecule has 0 aliphatic heterocycles. The minimum atomic E-state index is -0.394. The van der Waals surface area contributed by atoms with Crippen molar-refractivity contribution < 1.29 is 11.0 Å². The number of hydrogen-bond donors (Lipinski definition) is 0. The van der Waals surface area contributed by atoms with Crippen LogP contribution < -0.4 is 0 Å². The average Bonchev–Trinajstić information content (AvgIpc) is 2.84. The van der Waals surface area contributed by atoms with Crippen LogP contribution in [0.15, 0.2) is 95.3 Å². The molecule has 5 rings (SSSR count). The third kappa shape index (κ3) is 2.43. The molecule has 26 heavy (non-hydrogen) atoms. The largest absolute Gasteiger partial charge is 0.0630 e. The Morgan fingerprint density at radius 2 is 1.23 bits per heavy atom. The van der Waals surface area contributed by atoms with Gasteiger partial charge in [0.15, 0.2) is 0 Å². The Hall–Kier alpha value is -2.64. The lowest BCUT2D eigenvalue weighted by Crippen LogP contribution is -1.94. The number of benzene rings is 5. The van der Waals surface area contributed by atoms with Gasteiger partial charge in [0, 0.05) is 4.47 Å². The highest BCUT2D eigenvalue weighted by Gasteiger charge is 2.13. The van der Waals surface area contributed by atoms with Crippen molar-refractivity contribution in [1.29, 1.82) is 0 Å². The lowest BCUT2D eigenvalue weighted by molar-refractivity contribution is 1.26. The summed E-state index contributed by atoms with van der Waals surface area (Å²) in [6.45, 7) is 0. The zero-order valence-corrected chi connectivity index (χ0v) is 15.2. The lowest BCUT2D eigenvalue weighted by Gasteiger charge is -2.15. The molecule has 0 aliphatic carbocycles. The number of halogens is 1. The zero-order valence-electron chi connectivity index (χ0n) is 21.6. The summed E-state index contributed by atoms with van der Waals surface area (Å²) in [5.41, 5.74) is 1.34. The minimum Gasteiger partial charge on any atom is -0.0616 e. The van der Waals surface area contributed by atoms with Gasteiger partial charge in [-0.3, -0.25) is 0 Å². The Kier molecular flexibility index (Phi) is 2.25. The summed E-state index contributed by atoms with van der Waals surface area (Å²) >= 11 is 3.43. The molecular formula is C25H17Br. The molecule has 5 aromatic carbocycles. The van der Waals surface area contributed by atoms with Crippen LogP contribution in [0, 0.1) is 0 Å². The second-order valence-electron chi connectivity index (χ2n) is 6.11. The highest BCUT2D eigenvalue weighted by molar-refractivity contribution is 9.10. The van der Waals surface area contributed by atoms with Crippen LogP contribution in [-0.4, -0.2) is 0 Å². The molecule has 124 valence electrons. The first-order valence-corrected chi connectivity index (χ1v) is 9.01. The topological polar surface area (TPSA) is 0 Å². The second-order valence-corrected chi connectivity index (χ2v) is 6.90. The van der Waals surface area contributed by atoms with Crippen LogP contribution >= 0.6 is 15.9 Å². The summed E-state index contributed by atoms with van der Waals surface area (Å²) < 4.78 is 67.6. The van der Waals surface area contributed by atoms with Crippen LogP contribution in [0.25, 0.3) is 32.3 Å². The van der Waals surface area contributed by atoms with Gasteiger partial charge in [-0.25, -0.2) is 0 Å². The quantitative estimate of drug-likeness (QED) is 0.267. The monoisotopic (exact) mass is 404 g/mol. The highest BCUT2D eigenvalue weighted by Crippen LogP contribution is 2.37. The van der Waals surface area contributed by atoms with E-state index in [9.17, 15) is 0 Å². The van der Waals surface area contributed by atoms with Crippen molar-refractivity contribution in [2.45, 2.75) is 6.42 Å². The van der Waals surface area contributed by atoms with Gasteiger partial charge in [-0.2, -0.15) is 0 Å². The molecular weight excluding hydrogens is 380 g/mol. The third-order valence-electron chi connectivity index (χ3n) is 4.66. The van der Waals surface area contributed by atoms with Crippen molar-refractivity contribution in [3.8, 4) is 0 Å². The molecule has 0 N–H and O–H groups in total. The first kappa shape index (κ1) is 9.34. The fourth-order valence-electron chi connectivity index (χ4n) is 3.47. The molecule has 0 atom stereocenters. The SMILES string of the molecule is [2H]c1c([2H])c([2H])c2c(Cc3cccc4ccccc34)c3c([2H])c([2H])c([2H])c([2H])c3c(Br)c2c1[2H]. The Labute approximate surface area is 172 Å². The van der Waals surface area contributed by atoms with Crippen LogP contribution in [0.2, 0.25) is 0 Å². The van der Waals surface area contributed by atoms with Gasteiger partial charge in [-0.15, -0.1) is 0 Å². The van der Waals surface area contributed by atoms with E-state index in [1.54, 1.807) is 0 Å². The highest BCUT2D eigenvalue weighted by atomic mass is 79.9. The molecule has 1 heteroatoms. The third-order valence-corrected chi connectivity index (χ3v) is 5.46. The van der Waals surface area contributed by atoms with Gasteiger partial charge >= 0.3 is 0 Å². The molecule has 0 aromatic heterocycles. The van der Waals surface area contributed by atoms with E-state index in [2.05, 4.69) is 15.9 Å². The smallest absolute Gasteiger partial charge is 0.0616 e. The van der Waals surface area contributed by atoms with Crippen molar-refractivity contribution in [3.05, 3.63) is 106 Å². The molecule has 0 radical (unpaired) electrons. The van der Waals surface area contributed by atoms with E-state index in [0.717, 1.165) is 16.3 Å². The Morgan fingerprint density at radius 3 is 1.92 bits per heavy atom. The van der Waals surface area contributed by atoms with Crippen LogP contribution in [0.4, 0.5) is 0 Å². The first-order valence-electron chi connectivity index (χ1n) is 12.2. The Morgan fingerprint density at radius 1 is 0.654 bits per heavy atom. The normalized spacial score (nSPS) is 15.7. The van der Waals surface area contributed by atoms with Gasteiger partial charge in [0.05, 0.1) is 11.0 Å². The van der Waals surface area contributed by atoms with Crippen molar-refractivity contribution in [2.24, 2.45) is 0 Å². The van der Waals surface area contributed by atoms with Crippen LogP contribution in [-0.2, 0) is 6.42 Å². The fraction of sp³-hybridized carbons (Fsp3) is 0.0400. The van der Waals surface area contributed by atoms with Crippen LogP contribution in [0.1, 0.15) is 22.1 Å². The summed E-state index contributed by atoms with van der Waals surface area (Å²) in [5, 5.41) is 2.90. The van der Waals surface area contributed by atoms with Gasteiger partial charge < -0.3 is 0 Å². The number of hydrogen-bond acceptors (Lipinski definition) is 0. The second kappa shape index (κ2) is 6.26.